The molecule has 0 spiro atoms. The second-order valence-electron chi connectivity index (χ2n) is 8.31. The van der Waals surface area contributed by atoms with Crippen LogP contribution in [0.2, 0.25) is 0 Å². The molecule has 1 aromatic carbocycles. The number of rotatable bonds is 5. The summed E-state index contributed by atoms with van der Waals surface area (Å²) in [5.74, 6) is -0.837. The van der Waals surface area contributed by atoms with Crippen molar-refractivity contribution in [1.82, 2.24) is 15.2 Å². The molecule has 168 valence electrons. The van der Waals surface area contributed by atoms with Crippen LogP contribution in [0.3, 0.4) is 0 Å². The second-order valence-corrected chi connectivity index (χ2v) is 10.2. The van der Waals surface area contributed by atoms with E-state index >= 15 is 0 Å². The second kappa shape index (κ2) is 8.24. The molecule has 7 nitrogen and oxygen atoms in total. The van der Waals surface area contributed by atoms with Crippen molar-refractivity contribution in [2.45, 2.75) is 31.8 Å². The van der Waals surface area contributed by atoms with Crippen LogP contribution in [0, 0.1) is 6.92 Å². The number of imide groups is 1. The van der Waals surface area contributed by atoms with Gasteiger partial charge in [0, 0.05) is 11.3 Å². The zero-order valence-corrected chi connectivity index (χ0v) is 19.8. The van der Waals surface area contributed by atoms with Gasteiger partial charge >= 0.3 is 6.03 Å². The van der Waals surface area contributed by atoms with E-state index in [0.717, 1.165) is 25.9 Å². The molecule has 1 saturated heterocycles. The van der Waals surface area contributed by atoms with Crippen molar-refractivity contribution in [2.75, 3.05) is 6.54 Å². The molecule has 4 heterocycles. The van der Waals surface area contributed by atoms with Gasteiger partial charge in [-0.05, 0) is 42.3 Å². The van der Waals surface area contributed by atoms with Crippen LogP contribution < -0.4 is 5.32 Å². The highest BCUT2D eigenvalue weighted by molar-refractivity contribution is 7.12. The van der Waals surface area contributed by atoms with Crippen LogP contribution in [0.25, 0.3) is 0 Å². The molecule has 1 N–H and O–H groups in total. The van der Waals surface area contributed by atoms with Gasteiger partial charge in [-0.3, -0.25) is 14.5 Å². The molecule has 9 heteroatoms. The molecular formula is C24H22N4O3S2. The minimum atomic E-state index is -1.21. The number of thiophene rings is 2. The van der Waals surface area contributed by atoms with E-state index in [1.807, 2.05) is 66.2 Å². The van der Waals surface area contributed by atoms with E-state index in [1.165, 1.54) is 5.01 Å². The van der Waals surface area contributed by atoms with Gasteiger partial charge < -0.3 is 5.32 Å². The molecule has 0 aliphatic carbocycles. The Balaban J connectivity index is 1.40. The molecule has 0 saturated carbocycles. The molecule has 2 aliphatic heterocycles. The highest BCUT2D eigenvalue weighted by Crippen LogP contribution is 2.36. The van der Waals surface area contributed by atoms with Gasteiger partial charge in [-0.25, -0.2) is 9.80 Å². The maximum absolute atomic E-state index is 13.4. The number of nitrogens with one attached hydrogen (secondary N) is 1. The topological polar surface area (TPSA) is 82.1 Å². The molecule has 0 bridgehead atoms. The molecule has 5 rings (SSSR count). The van der Waals surface area contributed by atoms with Crippen molar-refractivity contribution in [3.8, 4) is 0 Å². The average Bonchev–Trinajstić information content (AvgIpc) is 3.58. The van der Waals surface area contributed by atoms with Crippen molar-refractivity contribution in [3.05, 3.63) is 80.2 Å². The Morgan fingerprint density at radius 1 is 1.12 bits per heavy atom. The number of nitrogens with zero attached hydrogens (tertiary/aromatic N) is 3. The number of amides is 4. The Labute approximate surface area is 199 Å². The first-order valence-corrected chi connectivity index (χ1v) is 12.3. The molecule has 3 aromatic rings. The highest BCUT2D eigenvalue weighted by Gasteiger charge is 2.50. The smallest absolute Gasteiger partial charge is 0.319 e. The first-order valence-electron chi connectivity index (χ1n) is 10.5. The number of urea groups is 1. The first kappa shape index (κ1) is 21.5. The van der Waals surface area contributed by atoms with Crippen molar-refractivity contribution >= 4 is 46.2 Å². The quantitative estimate of drug-likeness (QED) is 0.556. The molecule has 2 unspecified atom stereocenters. The van der Waals surface area contributed by atoms with Gasteiger partial charge in [-0.2, -0.15) is 5.10 Å². The number of benzene rings is 1. The Kier molecular flexibility index (Phi) is 5.38. The molecule has 2 atom stereocenters. The summed E-state index contributed by atoms with van der Waals surface area (Å²) in [6.07, 6.45) is 0.591. The van der Waals surface area contributed by atoms with Gasteiger partial charge in [0.15, 0.2) is 0 Å². The third-order valence-corrected chi connectivity index (χ3v) is 7.93. The Hall–Kier alpha value is -3.30. The number of aryl methyl sites for hydroxylation is 1. The number of carbonyl (C=O) groups excluding carboxylic acids is 3. The zero-order valence-electron chi connectivity index (χ0n) is 18.1. The minimum Gasteiger partial charge on any atom is -0.319 e. The molecule has 2 aliphatic rings. The molecule has 0 radical (unpaired) electrons. The van der Waals surface area contributed by atoms with Gasteiger partial charge in [0.2, 0.25) is 0 Å². The van der Waals surface area contributed by atoms with Crippen LogP contribution in [0.15, 0.2) is 64.4 Å². The third kappa shape index (κ3) is 3.77. The summed E-state index contributed by atoms with van der Waals surface area (Å²) in [4.78, 5) is 42.4. The lowest BCUT2D eigenvalue weighted by atomic mass is 9.91. The van der Waals surface area contributed by atoms with E-state index in [0.29, 0.717) is 12.0 Å². The molecule has 33 heavy (non-hydrogen) atoms. The van der Waals surface area contributed by atoms with Crippen molar-refractivity contribution in [3.63, 3.8) is 0 Å². The maximum atomic E-state index is 13.4. The lowest BCUT2D eigenvalue weighted by Crippen LogP contribution is -2.43. The average molecular weight is 479 g/mol. The zero-order chi connectivity index (χ0) is 23.2. The molecule has 1 fully saturated rings. The molecule has 2 aromatic heterocycles. The summed E-state index contributed by atoms with van der Waals surface area (Å²) in [7, 11) is 0. The SMILES string of the molecule is Cc1ccc(C2(C)NC(=O)N(CC(=O)N3N=C(c4cccs4)CC3c3cccs3)C2=O)cc1. The van der Waals surface area contributed by atoms with E-state index in [9.17, 15) is 14.4 Å². The monoisotopic (exact) mass is 478 g/mol. The van der Waals surface area contributed by atoms with E-state index in [-0.39, 0.29) is 12.6 Å². The van der Waals surface area contributed by atoms with Crippen LogP contribution in [0.5, 0.6) is 0 Å². The summed E-state index contributed by atoms with van der Waals surface area (Å²) in [6, 6.07) is 14.5. The number of hydrazone groups is 1. The van der Waals surface area contributed by atoms with Crippen LogP contribution in [0.4, 0.5) is 4.79 Å². The Morgan fingerprint density at radius 3 is 2.52 bits per heavy atom. The van der Waals surface area contributed by atoms with E-state index in [4.69, 9.17) is 0 Å². The fraction of sp³-hybridized carbons (Fsp3) is 0.250. The van der Waals surface area contributed by atoms with E-state index < -0.39 is 23.4 Å². The van der Waals surface area contributed by atoms with Gasteiger partial charge in [-0.15, -0.1) is 22.7 Å². The minimum absolute atomic E-state index is 0.251. The van der Waals surface area contributed by atoms with Crippen LogP contribution in [0.1, 0.15) is 40.3 Å². The standard InChI is InChI=1S/C24H22N4O3S2/c1-15-7-9-16(10-8-15)24(2)22(30)27(23(31)25-24)14-21(29)28-18(20-6-4-12-33-20)13-17(26-28)19-5-3-11-32-19/h3-12,18H,13-14H2,1-2H3,(H,25,31). The summed E-state index contributed by atoms with van der Waals surface area (Å²) >= 11 is 3.13. The Bertz CT molecular complexity index is 1240. The highest BCUT2D eigenvalue weighted by atomic mass is 32.1. The summed E-state index contributed by atoms with van der Waals surface area (Å²) in [5.41, 5.74) is 1.35. The fourth-order valence-electron chi connectivity index (χ4n) is 4.17. The maximum Gasteiger partial charge on any atom is 0.325 e. The predicted octanol–water partition coefficient (Wildman–Crippen LogP) is 4.26. The van der Waals surface area contributed by atoms with Gasteiger partial charge in [0.25, 0.3) is 11.8 Å². The van der Waals surface area contributed by atoms with Gasteiger partial charge in [-0.1, -0.05) is 42.0 Å². The molecule has 4 amide bonds. The number of hydrogen-bond donors (Lipinski definition) is 1. The lowest BCUT2D eigenvalue weighted by Gasteiger charge is -2.24. The van der Waals surface area contributed by atoms with Crippen molar-refractivity contribution < 1.29 is 14.4 Å². The van der Waals surface area contributed by atoms with Crippen molar-refractivity contribution in [1.29, 1.82) is 0 Å². The Morgan fingerprint density at radius 2 is 1.85 bits per heavy atom. The van der Waals surface area contributed by atoms with Crippen LogP contribution in [-0.4, -0.2) is 40.0 Å². The van der Waals surface area contributed by atoms with E-state index in [2.05, 4.69) is 10.4 Å². The largest absolute Gasteiger partial charge is 0.325 e. The third-order valence-electron chi connectivity index (χ3n) is 6.04. The normalized spacial score (nSPS) is 22.6. The van der Waals surface area contributed by atoms with Crippen molar-refractivity contribution in [2.24, 2.45) is 5.10 Å². The van der Waals surface area contributed by atoms with Crippen LogP contribution >= 0.6 is 22.7 Å². The van der Waals surface area contributed by atoms with Gasteiger partial charge in [0.1, 0.15) is 12.1 Å². The summed E-state index contributed by atoms with van der Waals surface area (Å²) in [6.45, 7) is 3.26. The summed E-state index contributed by atoms with van der Waals surface area (Å²) < 4.78 is 0. The summed E-state index contributed by atoms with van der Waals surface area (Å²) in [5, 5.41) is 12.7. The fourth-order valence-corrected chi connectivity index (χ4v) is 5.70. The lowest BCUT2D eigenvalue weighted by molar-refractivity contribution is -0.139. The molecular weight excluding hydrogens is 456 g/mol. The van der Waals surface area contributed by atoms with Gasteiger partial charge in [0.05, 0.1) is 16.6 Å². The first-order chi connectivity index (χ1) is 15.9. The number of carbonyl (C=O) groups is 3. The van der Waals surface area contributed by atoms with Crippen LogP contribution in [-0.2, 0) is 15.1 Å². The predicted molar refractivity (Wildman–Crippen MR) is 128 cm³/mol. The van der Waals surface area contributed by atoms with E-state index in [1.54, 1.807) is 29.6 Å². The number of hydrogen-bond acceptors (Lipinski definition) is 6.